The molecule has 1 aromatic rings. The third-order valence-corrected chi connectivity index (χ3v) is 3.05. The Labute approximate surface area is 129 Å². The van der Waals surface area contributed by atoms with Crippen LogP contribution in [-0.4, -0.2) is 61.0 Å². The average molecular weight is 312 g/mol. The van der Waals surface area contributed by atoms with Gasteiger partial charge in [-0.05, 0) is 18.2 Å². The van der Waals surface area contributed by atoms with Gasteiger partial charge in [-0.2, -0.15) is 0 Å². The van der Waals surface area contributed by atoms with Crippen LogP contribution in [0.1, 0.15) is 15.9 Å². The maximum Gasteiger partial charge on any atom is 0.254 e. The van der Waals surface area contributed by atoms with Gasteiger partial charge < -0.3 is 19.8 Å². The van der Waals surface area contributed by atoms with Crippen LogP contribution in [0.15, 0.2) is 18.2 Å². The van der Waals surface area contributed by atoms with Crippen molar-refractivity contribution in [3.05, 3.63) is 34.3 Å². The molecule has 0 saturated carbocycles. The number of rotatable bonds is 6. The van der Waals surface area contributed by atoms with Crippen molar-refractivity contribution in [1.29, 1.82) is 0 Å². The van der Waals surface area contributed by atoms with Gasteiger partial charge in [-0.15, -0.1) is 0 Å². The molecule has 0 unspecified atom stereocenters. The van der Waals surface area contributed by atoms with Crippen molar-refractivity contribution in [2.75, 3.05) is 40.0 Å². The monoisotopic (exact) mass is 311 g/mol. The first kappa shape index (κ1) is 17.5. The maximum atomic E-state index is 12.3. The Balaban J connectivity index is 2.92. The van der Waals surface area contributed by atoms with Crippen LogP contribution in [0.5, 0.6) is 0 Å². The van der Waals surface area contributed by atoms with Crippen molar-refractivity contribution in [3.63, 3.8) is 0 Å². The van der Waals surface area contributed by atoms with Gasteiger partial charge in [0.15, 0.2) is 0 Å². The highest BCUT2D eigenvalue weighted by atomic mass is 35.5. The zero-order valence-corrected chi connectivity index (χ0v) is 12.6. The van der Waals surface area contributed by atoms with E-state index in [9.17, 15) is 4.79 Å². The standard InChI is InChI=1S/C15H18ClNO4/c1-21-10-7-17(6-9-19)15(20)13-5-4-12(3-2-8-18)14(16)11-13/h4-5,11,18-19H,6-10H2,1H3. The highest BCUT2D eigenvalue weighted by Crippen LogP contribution is 2.18. The smallest absolute Gasteiger partial charge is 0.254 e. The third-order valence-electron chi connectivity index (χ3n) is 2.74. The Morgan fingerprint density at radius 3 is 2.71 bits per heavy atom. The van der Waals surface area contributed by atoms with Gasteiger partial charge in [0, 0.05) is 31.3 Å². The minimum Gasteiger partial charge on any atom is -0.395 e. The second-order valence-corrected chi connectivity index (χ2v) is 4.57. The van der Waals surface area contributed by atoms with Crippen LogP contribution in [0.3, 0.4) is 0 Å². The lowest BCUT2D eigenvalue weighted by Crippen LogP contribution is -2.36. The lowest BCUT2D eigenvalue weighted by molar-refractivity contribution is 0.0656. The van der Waals surface area contributed by atoms with Crippen molar-refractivity contribution in [3.8, 4) is 11.8 Å². The van der Waals surface area contributed by atoms with Gasteiger partial charge in [-0.1, -0.05) is 23.4 Å². The molecule has 0 bridgehead atoms. The molecule has 1 aromatic carbocycles. The first-order valence-corrected chi connectivity index (χ1v) is 6.80. The second-order valence-electron chi connectivity index (χ2n) is 4.16. The lowest BCUT2D eigenvalue weighted by atomic mass is 10.1. The first-order valence-electron chi connectivity index (χ1n) is 6.42. The number of aliphatic hydroxyl groups is 2. The van der Waals surface area contributed by atoms with Gasteiger partial charge in [0.25, 0.3) is 5.91 Å². The molecule has 1 amide bonds. The van der Waals surface area contributed by atoms with Gasteiger partial charge in [-0.25, -0.2) is 0 Å². The van der Waals surface area contributed by atoms with Crippen molar-refractivity contribution < 1.29 is 19.7 Å². The number of methoxy groups -OCH3 is 1. The summed E-state index contributed by atoms with van der Waals surface area (Å²) in [5.74, 6) is 4.97. The summed E-state index contributed by atoms with van der Waals surface area (Å²) < 4.78 is 4.95. The molecule has 2 N–H and O–H groups in total. The molecule has 0 aliphatic carbocycles. The summed E-state index contributed by atoms with van der Waals surface area (Å²) >= 11 is 6.07. The number of carbonyl (C=O) groups is 1. The highest BCUT2D eigenvalue weighted by molar-refractivity contribution is 6.32. The number of aliphatic hydroxyl groups excluding tert-OH is 2. The van der Waals surface area contributed by atoms with E-state index in [2.05, 4.69) is 11.8 Å². The van der Waals surface area contributed by atoms with E-state index in [4.69, 9.17) is 26.6 Å². The minimum atomic E-state index is -0.252. The van der Waals surface area contributed by atoms with E-state index >= 15 is 0 Å². The van der Waals surface area contributed by atoms with Crippen molar-refractivity contribution in [2.24, 2.45) is 0 Å². The molecule has 114 valence electrons. The predicted molar refractivity (Wildman–Crippen MR) is 80.3 cm³/mol. The molecule has 0 fully saturated rings. The quantitative estimate of drug-likeness (QED) is 0.761. The predicted octanol–water partition coefficient (Wildman–Crippen LogP) is 0.765. The van der Waals surface area contributed by atoms with E-state index < -0.39 is 0 Å². The topological polar surface area (TPSA) is 70.0 Å². The maximum absolute atomic E-state index is 12.3. The zero-order chi connectivity index (χ0) is 15.7. The normalized spacial score (nSPS) is 9.90. The summed E-state index contributed by atoms with van der Waals surface area (Å²) in [4.78, 5) is 13.8. The number of hydrogen-bond acceptors (Lipinski definition) is 4. The Bertz CT molecular complexity index is 536. The minimum absolute atomic E-state index is 0.122. The van der Waals surface area contributed by atoms with Gasteiger partial charge in [0.05, 0.1) is 18.2 Å². The number of ether oxygens (including phenoxy) is 1. The number of carbonyl (C=O) groups excluding carboxylic acids is 1. The van der Waals surface area contributed by atoms with Crippen LogP contribution in [0.4, 0.5) is 0 Å². The zero-order valence-electron chi connectivity index (χ0n) is 11.8. The SMILES string of the molecule is COCCN(CCO)C(=O)c1ccc(C#CCO)c(Cl)c1. The van der Waals surface area contributed by atoms with Crippen LogP contribution < -0.4 is 0 Å². The molecule has 0 aromatic heterocycles. The third kappa shape index (κ3) is 5.37. The molecular weight excluding hydrogens is 294 g/mol. The van der Waals surface area contributed by atoms with E-state index in [0.717, 1.165) is 0 Å². The lowest BCUT2D eigenvalue weighted by Gasteiger charge is -2.21. The molecule has 5 nitrogen and oxygen atoms in total. The van der Waals surface area contributed by atoms with Gasteiger partial charge in [0.2, 0.25) is 0 Å². The Morgan fingerprint density at radius 2 is 2.14 bits per heavy atom. The Hall–Kier alpha value is -1.58. The second kappa shape index (κ2) is 9.37. The molecule has 0 atom stereocenters. The molecule has 6 heteroatoms. The van der Waals surface area contributed by atoms with Crippen molar-refractivity contribution in [1.82, 2.24) is 4.90 Å². The molecular formula is C15H18ClNO4. The average Bonchev–Trinajstić information content (AvgIpc) is 2.49. The Kier molecular flexibility index (Phi) is 7.80. The number of nitrogens with zero attached hydrogens (tertiary/aromatic N) is 1. The summed E-state index contributed by atoms with van der Waals surface area (Å²) in [5.41, 5.74) is 0.965. The van der Waals surface area contributed by atoms with Crippen LogP contribution >= 0.6 is 11.6 Å². The fraction of sp³-hybridized carbons (Fsp3) is 0.400. The van der Waals surface area contributed by atoms with E-state index in [-0.39, 0.29) is 25.7 Å². The van der Waals surface area contributed by atoms with Crippen LogP contribution in [0, 0.1) is 11.8 Å². The summed E-state index contributed by atoms with van der Waals surface area (Å²) in [5, 5.41) is 18.0. The van der Waals surface area contributed by atoms with Gasteiger partial charge in [0.1, 0.15) is 6.61 Å². The number of hydrogen-bond donors (Lipinski definition) is 2. The van der Waals surface area contributed by atoms with E-state index in [0.29, 0.717) is 29.3 Å². The Morgan fingerprint density at radius 1 is 1.38 bits per heavy atom. The molecule has 0 saturated heterocycles. The fourth-order valence-corrected chi connectivity index (χ4v) is 1.93. The molecule has 21 heavy (non-hydrogen) atoms. The molecule has 1 rings (SSSR count). The van der Waals surface area contributed by atoms with Crippen LogP contribution in [-0.2, 0) is 4.74 Å². The first-order chi connectivity index (χ1) is 10.1. The summed E-state index contributed by atoms with van der Waals surface area (Å²) in [7, 11) is 1.55. The molecule has 0 heterocycles. The molecule has 0 aliphatic rings. The molecule has 0 spiro atoms. The summed E-state index contributed by atoms with van der Waals surface area (Å²) in [6, 6.07) is 4.78. The van der Waals surface area contributed by atoms with E-state index in [1.54, 1.807) is 19.2 Å². The van der Waals surface area contributed by atoms with Crippen molar-refractivity contribution in [2.45, 2.75) is 0 Å². The number of benzene rings is 1. The summed E-state index contributed by atoms with van der Waals surface area (Å²) in [6.45, 7) is 0.631. The van der Waals surface area contributed by atoms with E-state index in [1.165, 1.54) is 11.0 Å². The van der Waals surface area contributed by atoms with E-state index in [1.807, 2.05) is 0 Å². The van der Waals surface area contributed by atoms with Gasteiger partial charge in [-0.3, -0.25) is 4.79 Å². The number of halogens is 1. The highest BCUT2D eigenvalue weighted by Gasteiger charge is 2.16. The fourth-order valence-electron chi connectivity index (χ4n) is 1.70. The molecule has 0 radical (unpaired) electrons. The molecule has 0 aliphatic heterocycles. The van der Waals surface area contributed by atoms with Crippen LogP contribution in [0.2, 0.25) is 5.02 Å². The van der Waals surface area contributed by atoms with Crippen LogP contribution in [0.25, 0.3) is 0 Å². The van der Waals surface area contributed by atoms with Gasteiger partial charge >= 0.3 is 0 Å². The number of amides is 1. The largest absolute Gasteiger partial charge is 0.395 e. The van der Waals surface area contributed by atoms with Crippen molar-refractivity contribution >= 4 is 17.5 Å². The summed E-state index contributed by atoms with van der Waals surface area (Å²) in [6.07, 6.45) is 0.